The molecular formula is C36H30Br2N2O5. The first-order valence-corrected chi connectivity index (χ1v) is 17.1. The molecular weight excluding hydrogens is 700 g/mol. The zero-order chi connectivity index (χ0) is 31.4. The van der Waals surface area contributed by atoms with E-state index in [1.807, 2.05) is 49.4 Å². The highest BCUT2D eigenvalue weighted by molar-refractivity contribution is 9.12. The summed E-state index contributed by atoms with van der Waals surface area (Å²) >= 11 is 7.48. The van der Waals surface area contributed by atoms with Crippen LogP contribution in [-0.2, 0) is 14.3 Å². The number of fused-ring (bicyclic) bond motifs is 6. The quantitative estimate of drug-likeness (QED) is 0.0813. The van der Waals surface area contributed by atoms with Crippen molar-refractivity contribution in [2.45, 2.75) is 41.9 Å². The number of nitrogens with zero attached hydrogens (tertiary/aromatic N) is 2. The molecule has 2 aliphatic carbocycles. The summed E-state index contributed by atoms with van der Waals surface area (Å²) in [7, 11) is 0. The number of carbonyl (C=O) groups is 4. The fraction of sp³-hybridized carbons (Fsp3) is 0.306. The van der Waals surface area contributed by atoms with Gasteiger partial charge in [-0.15, -0.1) is 0 Å². The molecule has 0 N–H and O–H groups in total. The summed E-state index contributed by atoms with van der Waals surface area (Å²) in [4.78, 5) is 60.4. The second-order valence-corrected chi connectivity index (χ2v) is 14.2. The first-order valence-electron chi connectivity index (χ1n) is 15.2. The lowest BCUT2D eigenvalue weighted by atomic mass is 9.81. The molecule has 1 aromatic heterocycles. The fourth-order valence-corrected chi connectivity index (χ4v) is 9.24. The Morgan fingerprint density at radius 3 is 2.16 bits per heavy atom. The fourth-order valence-electron chi connectivity index (χ4n) is 7.36. The SMILES string of the molecule is CCCC(OC(=O)c1cc(-c2ccc(N3C(=O)C4C5CC(C(Br)C5Br)C4C3=O)cc2)nc2ccccc12)C(=O)c1ccccc1. The van der Waals surface area contributed by atoms with Gasteiger partial charge in [-0.25, -0.2) is 9.78 Å². The summed E-state index contributed by atoms with van der Waals surface area (Å²) in [6, 6.07) is 25.0. The van der Waals surface area contributed by atoms with Crippen LogP contribution >= 0.6 is 31.9 Å². The molecule has 7 atom stereocenters. The van der Waals surface area contributed by atoms with Crippen LogP contribution in [0.15, 0.2) is 84.9 Å². The topological polar surface area (TPSA) is 93.6 Å². The summed E-state index contributed by atoms with van der Waals surface area (Å²) in [6.07, 6.45) is 1.04. The van der Waals surface area contributed by atoms with E-state index in [4.69, 9.17) is 9.72 Å². The molecule has 4 aromatic rings. The van der Waals surface area contributed by atoms with Gasteiger partial charge in [-0.1, -0.05) is 106 Å². The molecule has 1 aliphatic heterocycles. The Balaban J connectivity index is 1.17. The van der Waals surface area contributed by atoms with Gasteiger partial charge in [-0.05, 0) is 48.9 Å². The van der Waals surface area contributed by atoms with E-state index in [1.165, 1.54) is 4.90 Å². The molecule has 3 aromatic carbocycles. The van der Waals surface area contributed by atoms with Gasteiger partial charge in [-0.2, -0.15) is 0 Å². The first-order chi connectivity index (χ1) is 21.8. The standard InChI is InChI=1S/C36H30Br2N2O5/c1-2-8-28(33(41)20-9-4-3-5-10-20)45-36(44)23-18-27(39-26-12-7-6-11-22(23)26)19-13-15-21(16-14-19)40-34(42)29-24-17-25(30(29)35(40)43)32(38)31(24)37/h3-7,9-16,18,24-25,28-32H,2,8,17H2,1H3. The van der Waals surface area contributed by atoms with Crippen LogP contribution in [0.4, 0.5) is 5.69 Å². The second-order valence-electron chi connectivity index (χ2n) is 12.0. The van der Waals surface area contributed by atoms with Gasteiger partial charge >= 0.3 is 5.97 Å². The first kappa shape index (κ1) is 30.0. The third-order valence-corrected chi connectivity index (χ3v) is 12.7. The molecule has 1 saturated heterocycles. The van der Waals surface area contributed by atoms with Gasteiger partial charge in [0.1, 0.15) is 0 Å². The number of anilines is 1. The third kappa shape index (κ3) is 5.04. The normalized spacial score (nSPS) is 25.9. The number of amides is 2. The zero-order valence-corrected chi connectivity index (χ0v) is 27.6. The van der Waals surface area contributed by atoms with Gasteiger partial charge in [0, 0.05) is 26.2 Å². The molecule has 3 fully saturated rings. The maximum atomic E-state index is 13.7. The number of esters is 1. The van der Waals surface area contributed by atoms with E-state index in [9.17, 15) is 19.2 Å². The van der Waals surface area contributed by atoms with Gasteiger partial charge in [0.05, 0.1) is 34.3 Å². The number of ether oxygens (including phenoxy) is 1. The number of rotatable bonds is 8. The predicted octanol–water partition coefficient (Wildman–Crippen LogP) is 7.39. The van der Waals surface area contributed by atoms with E-state index in [-0.39, 0.29) is 50.9 Å². The monoisotopic (exact) mass is 728 g/mol. The number of hydrogen-bond donors (Lipinski definition) is 0. The number of hydrogen-bond acceptors (Lipinski definition) is 6. The summed E-state index contributed by atoms with van der Waals surface area (Å²) in [6.45, 7) is 1.94. The molecule has 2 heterocycles. The van der Waals surface area contributed by atoms with Gasteiger partial charge < -0.3 is 4.74 Å². The lowest BCUT2D eigenvalue weighted by Gasteiger charge is -2.28. The molecule has 0 radical (unpaired) electrons. The average Bonchev–Trinajstić information content (AvgIpc) is 3.68. The number of para-hydroxylation sites is 1. The molecule has 0 spiro atoms. The number of pyridine rings is 1. The largest absolute Gasteiger partial charge is 0.450 e. The lowest BCUT2D eigenvalue weighted by molar-refractivity contribution is -0.123. The number of Topliss-reactive ketones (excluding diaryl/α,β-unsaturated/α-hetero) is 1. The Bertz CT molecular complexity index is 1800. The molecule has 9 heteroatoms. The molecule has 7 nitrogen and oxygen atoms in total. The smallest absolute Gasteiger partial charge is 0.339 e. The minimum Gasteiger partial charge on any atom is -0.450 e. The predicted molar refractivity (Wildman–Crippen MR) is 179 cm³/mol. The van der Waals surface area contributed by atoms with Crippen molar-refractivity contribution in [2.75, 3.05) is 4.90 Å². The van der Waals surface area contributed by atoms with E-state index in [2.05, 4.69) is 31.9 Å². The zero-order valence-electron chi connectivity index (χ0n) is 24.4. The Morgan fingerprint density at radius 1 is 0.889 bits per heavy atom. The van der Waals surface area contributed by atoms with Crippen LogP contribution in [0.2, 0.25) is 0 Å². The Hall–Kier alpha value is -3.69. The van der Waals surface area contributed by atoms with E-state index in [0.29, 0.717) is 51.8 Å². The number of aromatic nitrogens is 1. The van der Waals surface area contributed by atoms with Crippen molar-refractivity contribution in [2.24, 2.45) is 23.7 Å². The maximum Gasteiger partial charge on any atom is 0.339 e. The van der Waals surface area contributed by atoms with E-state index in [0.717, 1.165) is 6.42 Å². The van der Waals surface area contributed by atoms with Crippen LogP contribution in [-0.4, -0.2) is 44.3 Å². The lowest BCUT2D eigenvalue weighted by Crippen LogP contribution is -2.37. The summed E-state index contributed by atoms with van der Waals surface area (Å²) in [5, 5.41) is 0.620. The molecule has 45 heavy (non-hydrogen) atoms. The van der Waals surface area contributed by atoms with Crippen LogP contribution in [0.3, 0.4) is 0 Å². The summed E-state index contributed by atoms with van der Waals surface area (Å²) < 4.78 is 5.87. The van der Waals surface area contributed by atoms with Crippen LogP contribution in [0.5, 0.6) is 0 Å². The highest BCUT2D eigenvalue weighted by atomic mass is 79.9. The Kier molecular flexibility index (Phi) is 7.94. The highest BCUT2D eigenvalue weighted by Crippen LogP contribution is 2.60. The molecule has 2 amide bonds. The summed E-state index contributed by atoms with van der Waals surface area (Å²) in [5.41, 5.74) is 3.19. The molecule has 2 saturated carbocycles. The molecule has 7 unspecified atom stereocenters. The van der Waals surface area contributed by atoms with E-state index < -0.39 is 12.1 Å². The van der Waals surface area contributed by atoms with Gasteiger partial charge in [0.25, 0.3) is 0 Å². The second kappa shape index (κ2) is 11.9. The van der Waals surface area contributed by atoms with Gasteiger partial charge in [0.2, 0.25) is 17.6 Å². The minimum absolute atomic E-state index is 0.130. The van der Waals surface area contributed by atoms with Crippen molar-refractivity contribution in [1.29, 1.82) is 0 Å². The van der Waals surface area contributed by atoms with Crippen molar-refractivity contribution >= 4 is 72.0 Å². The van der Waals surface area contributed by atoms with Crippen molar-refractivity contribution in [3.05, 3.63) is 96.1 Å². The third-order valence-electron chi connectivity index (χ3n) is 9.50. The number of carbonyl (C=O) groups excluding carboxylic acids is 4. The van der Waals surface area contributed by atoms with Crippen molar-refractivity contribution < 1.29 is 23.9 Å². The number of benzene rings is 3. The van der Waals surface area contributed by atoms with Crippen LogP contribution in [0.1, 0.15) is 46.9 Å². The van der Waals surface area contributed by atoms with E-state index >= 15 is 0 Å². The van der Waals surface area contributed by atoms with Crippen LogP contribution in [0.25, 0.3) is 22.2 Å². The minimum atomic E-state index is -0.913. The molecule has 3 aliphatic rings. The molecule has 7 rings (SSSR count). The average molecular weight is 730 g/mol. The Labute approximate surface area is 277 Å². The molecule has 228 valence electrons. The number of ketones is 1. The maximum absolute atomic E-state index is 13.7. The van der Waals surface area contributed by atoms with E-state index in [1.54, 1.807) is 42.5 Å². The number of imide groups is 1. The van der Waals surface area contributed by atoms with Gasteiger partial charge in [-0.3, -0.25) is 19.3 Å². The van der Waals surface area contributed by atoms with Crippen molar-refractivity contribution in [1.82, 2.24) is 4.98 Å². The molecule has 2 bridgehead atoms. The van der Waals surface area contributed by atoms with Crippen molar-refractivity contribution in [3.8, 4) is 11.3 Å². The summed E-state index contributed by atoms with van der Waals surface area (Å²) in [5.74, 6) is -1.39. The Morgan fingerprint density at radius 2 is 1.51 bits per heavy atom. The van der Waals surface area contributed by atoms with Crippen LogP contribution in [0, 0.1) is 23.7 Å². The van der Waals surface area contributed by atoms with Crippen molar-refractivity contribution in [3.63, 3.8) is 0 Å². The van der Waals surface area contributed by atoms with Gasteiger partial charge in [0.15, 0.2) is 6.10 Å². The van der Waals surface area contributed by atoms with Crippen LogP contribution < -0.4 is 4.90 Å². The number of halogens is 2. The number of alkyl halides is 2. The highest BCUT2D eigenvalue weighted by Gasteiger charge is 2.66.